The highest BCUT2D eigenvalue weighted by molar-refractivity contribution is 6.04. The summed E-state index contributed by atoms with van der Waals surface area (Å²) in [7, 11) is 0. The van der Waals surface area contributed by atoms with Gasteiger partial charge in [0.25, 0.3) is 5.91 Å². The molecule has 0 bridgehead atoms. The first kappa shape index (κ1) is 15.5. The average Bonchev–Trinajstić information content (AvgIpc) is 3.05. The van der Waals surface area contributed by atoms with Crippen molar-refractivity contribution in [2.45, 2.75) is 18.5 Å². The van der Waals surface area contributed by atoms with Gasteiger partial charge < -0.3 is 20.3 Å². The van der Waals surface area contributed by atoms with E-state index in [9.17, 15) is 9.59 Å². The Balaban J connectivity index is 1.38. The van der Waals surface area contributed by atoms with E-state index in [0.29, 0.717) is 18.7 Å². The van der Waals surface area contributed by atoms with Gasteiger partial charge in [0.15, 0.2) is 6.61 Å². The number of hydrogen-bond acceptors (Lipinski definition) is 4. The van der Waals surface area contributed by atoms with E-state index in [4.69, 9.17) is 4.74 Å². The van der Waals surface area contributed by atoms with Gasteiger partial charge >= 0.3 is 0 Å². The Morgan fingerprint density at radius 3 is 2.76 bits per heavy atom. The number of nitrogens with zero attached hydrogens (tertiary/aromatic N) is 1. The molecule has 2 amide bonds. The lowest BCUT2D eigenvalue weighted by Gasteiger charge is -2.32. The number of ether oxygens (including phenoxy) is 1. The van der Waals surface area contributed by atoms with Gasteiger partial charge in [-0.3, -0.25) is 9.59 Å². The minimum Gasteiger partial charge on any atom is -0.484 e. The van der Waals surface area contributed by atoms with Gasteiger partial charge in [-0.05, 0) is 30.7 Å². The molecule has 1 fully saturated rings. The highest BCUT2D eigenvalue weighted by Gasteiger charge is 2.41. The van der Waals surface area contributed by atoms with Crippen LogP contribution in [0, 0.1) is 0 Å². The predicted molar refractivity (Wildman–Crippen MR) is 94.7 cm³/mol. The number of carbonyl (C=O) groups is 2. The lowest BCUT2D eigenvalue weighted by Crippen LogP contribution is -2.44. The molecule has 6 heteroatoms. The lowest BCUT2D eigenvalue weighted by molar-refractivity contribution is -0.124. The van der Waals surface area contributed by atoms with Crippen molar-refractivity contribution in [1.29, 1.82) is 0 Å². The maximum Gasteiger partial charge on any atom is 0.258 e. The fourth-order valence-corrected chi connectivity index (χ4v) is 3.44. The summed E-state index contributed by atoms with van der Waals surface area (Å²) >= 11 is 0. The molecule has 2 aliphatic heterocycles. The Morgan fingerprint density at radius 2 is 1.92 bits per heavy atom. The first-order valence-corrected chi connectivity index (χ1v) is 8.34. The van der Waals surface area contributed by atoms with E-state index in [1.165, 1.54) is 0 Å². The predicted octanol–water partition coefficient (Wildman–Crippen LogP) is 1.78. The second kappa shape index (κ2) is 6.47. The summed E-state index contributed by atoms with van der Waals surface area (Å²) in [4.78, 5) is 26.5. The number of anilines is 2. The number of nitrogens with one attached hydrogen (secondary N) is 2. The van der Waals surface area contributed by atoms with Crippen molar-refractivity contribution in [3.63, 3.8) is 0 Å². The highest BCUT2D eigenvalue weighted by Crippen LogP contribution is 2.36. The molecule has 25 heavy (non-hydrogen) atoms. The zero-order valence-electron chi connectivity index (χ0n) is 13.6. The summed E-state index contributed by atoms with van der Waals surface area (Å²) in [5.41, 5.74) is 1.83. The second-order valence-corrected chi connectivity index (χ2v) is 6.28. The van der Waals surface area contributed by atoms with Crippen LogP contribution >= 0.6 is 0 Å². The summed E-state index contributed by atoms with van der Waals surface area (Å²) in [5.74, 6) is 0.466. The molecular formula is C19H19N3O3. The van der Waals surface area contributed by atoms with Crippen molar-refractivity contribution >= 4 is 23.2 Å². The minimum absolute atomic E-state index is 0.0176. The molecule has 6 nitrogen and oxygen atoms in total. The lowest BCUT2D eigenvalue weighted by atomic mass is 10.1. The van der Waals surface area contributed by atoms with Crippen LogP contribution in [-0.2, 0) is 9.59 Å². The summed E-state index contributed by atoms with van der Waals surface area (Å²) in [6.07, 6.45) is 0.594. The molecule has 0 spiro atoms. The van der Waals surface area contributed by atoms with E-state index >= 15 is 0 Å². The Kier molecular flexibility index (Phi) is 4.01. The Labute approximate surface area is 145 Å². The molecular weight excluding hydrogens is 318 g/mol. The molecule has 2 heterocycles. The number of amides is 2. The molecule has 2 unspecified atom stereocenters. The average molecular weight is 337 g/mol. The summed E-state index contributed by atoms with van der Waals surface area (Å²) < 4.78 is 5.47. The SMILES string of the molecule is O=C(COc1ccccc1)NC1CC2C(=O)Nc3ccccc3N2C1. The molecule has 4 rings (SSSR count). The number of hydrogen-bond donors (Lipinski definition) is 2. The van der Waals surface area contributed by atoms with E-state index in [1.807, 2.05) is 54.6 Å². The summed E-state index contributed by atoms with van der Waals surface area (Å²) in [5, 5.41) is 5.91. The highest BCUT2D eigenvalue weighted by atomic mass is 16.5. The largest absolute Gasteiger partial charge is 0.484 e. The van der Waals surface area contributed by atoms with Gasteiger partial charge in [-0.15, -0.1) is 0 Å². The van der Waals surface area contributed by atoms with Crippen LogP contribution in [0.1, 0.15) is 6.42 Å². The molecule has 2 aromatic carbocycles. The third-order valence-electron chi connectivity index (χ3n) is 4.55. The maximum atomic E-state index is 12.3. The van der Waals surface area contributed by atoms with Crippen molar-refractivity contribution in [1.82, 2.24) is 5.32 Å². The molecule has 0 saturated carbocycles. The van der Waals surface area contributed by atoms with Crippen molar-refractivity contribution in [3.05, 3.63) is 54.6 Å². The second-order valence-electron chi connectivity index (χ2n) is 6.28. The monoisotopic (exact) mass is 337 g/mol. The number of rotatable bonds is 4. The molecule has 2 N–H and O–H groups in total. The van der Waals surface area contributed by atoms with Crippen LogP contribution in [0.3, 0.4) is 0 Å². The molecule has 2 aliphatic rings. The van der Waals surface area contributed by atoms with Gasteiger partial charge in [0.05, 0.1) is 11.4 Å². The van der Waals surface area contributed by atoms with E-state index in [-0.39, 0.29) is 30.5 Å². The van der Waals surface area contributed by atoms with Crippen molar-refractivity contribution in [2.75, 3.05) is 23.4 Å². The molecule has 0 radical (unpaired) electrons. The zero-order chi connectivity index (χ0) is 17.2. The Bertz CT molecular complexity index is 794. The molecule has 1 saturated heterocycles. The minimum atomic E-state index is -0.241. The van der Waals surface area contributed by atoms with Gasteiger partial charge in [0, 0.05) is 12.6 Å². The number of carbonyl (C=O) groups excluding carboxylic acids is 2. The topological polar surface area (TPSA) is 70.7 Å². The van der Waals surface area contributed by atoms with Crippen molar-refractivity contribution in [3.8, 4) is 5.75 Å². The van der Waals surface area contributed by atoms with E-state index < -0.39 is 0 Å². The molecule has 2 atom stereocenters. The van der Waals surface area contributed by atoms with E-state index in [2.05, 4.69) is 15.5 Å². The first-order chi connectivity index (χ1) is 12.2. The van der Waals surface area contributed by atoms with Gasteiger partial charge in [0.1, 0.15) is 11.8 Å². The molecule has 0 aliphatic carbocycles. The number of fused-ring (bicyclic) bond motifs is 3. The van der Waals surface area contributed by atoms with Crippen molar-refractivity contribution < 1.29 is 14.3 Å². The van der Waals surface area contributed by atoms with Crippen LogP contribution in [0.15, 0.2) is 54.6 Å². The van der Waals surface area contributed by atoms with Gasteiger partial charge in [-0.2, -0.15) is 0 Å². The smallest absolute Gasteiger partial charge is 0.258 e. The zero-order valence-corrected chi connectivity index (χ0v) is 13.6. The van der Waals surface area contributed by atoms with Crippen LogP contribution in [0.5, 0.6) is 5.75 Å². The molecule has 0 aromatic heterocycles. The van der Waals surface area contributed by atoms with Crippen LogP contribution in [0.4, 0.5) is 11.4 Å². The fraction of sp³-hybridized carbons (Fsp3) is 0.263. The third-order valence-corrected chi connectivity index (χ3v) is 4.55. The fourth-order valence-electron chi connectivity index (χ4n) is 3.44. The standard InChI is InChI=1S/C19H19N3O3/c23-18(12-25-14-6-2-1-3-7-14)20-13-10-17-19(24)21-15-8-4-5-9-16(15)22(17)11-13/h1-9,13,17H,10-12H2,(H,20,23)(H,21,24). The third kappa shape index (κ3) is 3.15. The van der Waals surface area contributed by atoms with Gasteiger partial charge in [-0.1, -0.05) is 30.3 Å². The maximum absolute atomic E-state index is 12.3. The number of para-hydroxylation sites is 3. The van der Waals surface area contributed by atoms with Crippen molar-refractivity contribution in [2.24, 2.45) is 0 Å². The Hall–Kier alpha value is -3.02. The molecule has 128 valence electrons. The first-order valence-electron chi connectivity index (χ1n) is 8.34. The van der Waals surface area contributed by atoms with Crippen LogP contribution < -0.4 is 20.3 Å². The summed E-state index contributed by atoms with van der Waals surface area (Å²) in [6, 6.07) is 16.6. The van der Waals surface area contributed by atoms with E-state index in [1.54, 1.807) is 0 Å². The van der Waals surface area contributed by atoms with E-state index in [0.717, 1.165) is 11.4 Å². The molecule has 2 aromatic rings. The van der Waals surface area contributed by atoms with Crippen LogP contribution in [0.2, 0.25) is 0 Å². The number of benzene rings is 2. The Morgan fingerprint density at radius 1 is 1.16 bits per heavy atom. The van der Waals surface area contributed by atoms with Gasteiger partial charge in [-0.25, -0.2) is 0 Å². The quantitative estimate of drug-likeness (QED) is 0.892. The van der Waals surface area contributed by atoms with Gasteiger partial charge in [0.2, 0.25) is 5.91 Å². The normalized spacial score (nSPS) is 21.1. The summed E-state index contributed by atoms with van der Waals surface area (Å²) in [6.45, 7) is 0.583. The van der Waals surface area contributed by atoms with Crippen LogP contribution in [0.25, 0.3) is 0 Å². The van der Waals surface area contributed by atoms with Crippen LogP contribution in [-0.4, -0.2) is 37.0 Å².